The summed E-state index contributed by atoms with van der Waals surface area (Å²) in [6.45, 7) is 2.98. The molecule has 20 heavy (non-hydrogen) atoms. The Balaban J connectivity index is 2.27. The third-order valence-electron chi connectivity index (χ3n) is 3.40. The molecular weight excluding hydrogens is 250 g/mol. The van der Waals surface area contributed by atoms with Gasteiger partial charge in [0.15, 0.2) is 0 Å². The van der Waals surface area contributed by atoms with Crippen LogP contribution in [0, 0.1) is 0 Å². The zero-order valence-electron chi connectivity index (χ0n) is 11.8. The molecule has 0 fully saturated rings. The van der Waals surface area contributed by atoms with Crippen molar-refractivity contribution in [3.63, 3.8) is 0 Å². The molecule has 0 aliphatic heterocycles. The summed E-state index contributed by atoms with van der Waals surface area (Å²) in [4.78, 5) is 11.8. The minimum Gasteiger partial charge on any atom is -0.340 e. The summed E-state index contributed by atoms with van der Waals surface area (Å²) >= 11 is 0. The van der Waals surface area contributed by atoms with Gasteiger partial charge in [0, 0.05) is 18.7 Å². The number of rotatable bonds is 6. The van der Waals surface area contributed by atoms with E-state index in [1.54, 1.807) is 0 Å². The minimum atomic E-state index is -0.236. The average Bonchev–Trinajstić information content (AvgIpc) is 2.88. The second-order valence-corrected chi connectivity index (χ2v) is 4.85. The molecule has 0 saturated carbocycles. The third kappa shape index (κ3) is 3.27. The van der Waals surface area contributed by atoms with Crippen molar-refractivity contribution < 1.29 is 4.79 Å². The molecule has 0 bridgehead atoms. The van der Waals surface area contributed by atoms with Crippen molar-refractivity contribution in [3.8, 4) is 0 Å². The number of carbonyl (C=O) groups is 1. The van der Waals surface area contributed by atoms with E-state index in [0.717, 1.165) is 31.5 Å². The Morgan fingerprint density at radius 3 is 2.60 bits per heavy atom. The number of nitrogens with one attached hydrogen (secondary N) is 1. The second-order valence-electron chi connectivity index (χ2n) is 4.85. The fourth-order valence-electron chi connectivity index (χ4n) is 2.32. The van der Waals surface area contributed by atoms with E-state index in [1.165, 1.54) is 5.56 Å². The van der Waals surface area contributed by atoms with Crippen LogP contribution in [0.25, 0.3) is 0 Å². The topological polar surface area (TPSA) is 60.0 Å². The first-order chi connectivity index (χ1) is 9.76. The van der Waals surface area contributed by atoms with Crippen LogP contribution in [0.2, 0.25) is 0 Å². The number of hydrogen-bond donors (Lipinski definition) is 2. The van der Waals surface area contributed by atoms with Gasteiger partial charge in [-0.1, -0.05) is 43.7 Å². The number of nitrogens with zero attached hydrogens (tertiary/aromatic N) is 1. The van der Waals surface area contributed by atoms with Crippen LogP contribution >= 0.6 is 0 Å². The van der Waals surface area contributed by atoms with Crippen LogP contribution in [0.3, 0.4) is 0 Å². The Labute approximate surface area is 119 Å². The molecule has 4 heteroatoms. The molecule has 0 saturated heterocycles. The minimum absolute atomic E-state index is 0.236. The Hall–Kier alpha value is -2.07. The molecular formula is C16H21N3O. The lowest BCUT2D eigenvalue weighted by Crippen LogP contribution is -2.32. The molecule has 0 unspecified atom stereocenters. The van der Waals surface area contributed by atoms with E-state index in [0.29, 0.717) is 5.69 Å². The summed E-state index contributed by atoms with van der Waals surface area (Å²) < 4.78 is 2.07. The highest BCUT2D eigenvalue weighted by Crippen LogP contribution is 2.15. The van der Waals surface area contributed by atoms with Gasteiger partial charge in [-0.15, -0.1) is 0 Å². The number of hydrogen-bond acceptors (Lipinski definition) is 2. The van der Waals surface area contributed by atoms with Gasteiger partial charge in [-0.05, 0) is 24.1 Å². The highest BCUT2D eigenvalue weighted by molar-refractivity contribution is 5.92. The number of nitrogen functional groups attached to an aromatic ring is 1. The number of carbonyl (C=O) groups excluding carboxylic acids is 1. The lowest BCUT2D eigenvalue weighted by atomic mass is 10.1. The van der Waals surface area contributed by atoms with Crippen molar-refractivity contribution >= 4 is 5.91 Å². The van der Waals surface area contributed by atoms with Crippen LogP contribution in [0.4, 0.5) is 0 Å². The smallest absolute Gasteiger partial charge is 0.281 e. The van der Waals surface area contributed by atoms with Gasteiger partial charge in [0.1, 0.15) is 5.69 Å². The second kappa shape index (κ2) is 6.91. The van der Waals surface area contributed by atoms with Gasteiger partial charge in [-0.2, -0.15) is 0 Å². The van der Waals surface area contributed by atoms with Gasteiger partial charge < -0.3 is 4.57 Å². The third-order valence-corrected chi connectivity index (χ3v) is 3.40. The molecule has 0 spiro atoms. The van der Waals surface area contributed by atoms with Crippen LogP contribution in [0.5, 0.6) is 0 Å². The van der Waals surface area contributed by atoms with Crippen LogP contribution in [-0.4, -0.2) is 10.5 Å². The van der Waals surface area contributed by atoms with Gasteiger partial charge in [-0.3, -0.25) is 10.2 Å². The molecule has 4 nitrogen and oxygen atoms in total. The van der Waals surface area contributed by atoms with Crippen molar-refractivity contribution in [1.29, 1.82) is 0 Å². The van der Waals surface area contributed by atoms with Crippen molar-refractivity contribution in [2.75, 3.05) is 0 Å². The van der Waals surface area contributed by atoms with E-state index in [-0.39, 0.29) is 5.91 Å². The summed E-state index contributed by atoms with van der Waals surface area (Å²) in [7, 11) is 0. The number of unbranched alkanes of at least 4 members (excludes halogenated alkanes) is 1. The molecule has 1 aromatic carbocycles. The molecule has 1 heterocycles. The highest BCUT2D eigenvalue weighted by atomic mass is 16.2. The lowest BCUT2D eigenvalue weighted by Gasteiger charge is -2.12. The van der Waals surface area contributed by atoms with Crippen molar-refractivity contribution in [3.05, 3.63) is 59.4 Å². The van der Waals surface area contributed by atoms with Gasteiger partial charge in [0.2, 0.25) is 0 Å². The van der Waals surface area contributed by atoms with E-state index in [9.17, 15) is 4.79 Å². The maximum Gasteiger partial charge on any atom is 0.281 e. The average molecular weight is 271 g/mol. The molecule has 2 aromatic rings. The van der Waals surface area contributed by atoms with E-state index >= 15 is 0 Å². The first kappa shape index (κ1) is 14.3. The fourth-order valence-corrected chi connectivity index (χ4v) is 2.32. The SMILES string of the molecule is CCCCn1c(Cc2ccccc2)ccc1C(=O)NN. The first-order valence-corrected chi connectivity index (χ1v) is 6.99. The molecule has 1 amide bonds. The van der Waals surface area contributed by atoms with Crippen LogP contribution < -0.4 is 11.3 Å². The molecule has 0 aliphatic carbocycles. The van der Waals surface area contributed by atoms with Gasteiger partial charge in [0.05, 0.1) is 0 Å². The van der Waals surface area contributed by atoms with Gasteiger partial charge in [-0.25, -0.2) is 5.84 Å². The quantitative estimate of drug-likeness (QED) is 0.482. The molecule has 106 valence electrons. The maximum atomic E-state index is 11.8. The monoisotopic (exact) mass is 271 g/mol. The number of benzene rings is 1. The van der Waals surface area contributed by atoms with Crippen molar-refractivity contribution in [2.45, 2.75) is 32.7 Å². The Morgan fingerprint density at radius 2 is 1.95 bits per heavy atom. The number of aromatic nitrogens is 1. The summed E-state index contributed by atoms with van der Waals surface area (Å²) in [5.74, 6) is 5.01. The first-order valence-electron chi connectivity index (χ1n) is 6.99. The molecule has 0 atom stereocenters. The number of nitrogens with two attached hydrogens (primary N) is 1. The molecule has 1 aromatic heterocycles. The van der Waals surface area contributed by atoms with Crippen LogP contribution in [-0.2, 0) is 13.0 Å². The van der Waals surface area contributed by atoms with Crippen LogP contribution in [0.15, 0.2) is 42.5 Å². The van der Waals surface area contributed by atoms with E-state index < -0.39 is 0 Å². The fraction of sp³-hybridized carbons (Fsp3) is 0.312. The molecule has 3 N–H and O–H groups in total. The number of hydrazine groups is 1. The Kier molecular flexibility index (Phi) is 4.96. The zero-order valence-corrected chi connectivity index (χ0v) is 11.8. The molecule has 2 rings (SSSR count). The predicted molar refractivity (Wildman–Crippen MR) is 80.2 cm³/mol. The molecule has 0 aliphatic rings. The van der Waals surface area contributed by atoms with Crippen LogP contribution in [0.1, 0.15) is 41.5 Å². The van der Waals surface area contributed by atoms with Gasteiger partial charge in [0.25, 0.3) is 5.91 Å². The largest absolute Gasteiger partial charge is 0.340 e. The predicted octanol–water partition coefficient (Wildman–Crippen LogP) is 2.48. The Morgan fingerprint density at radius 1 is 1.20 bits per heavy atom. The summed E-state index contributed by atoms with van der Waals surface area (Å²) in [6, 6.07) is 14.1. The lowest BCUT2D eigenvalue weighted by molar-refractivity contribution is 0.0944. The zero-order chi connectivity index (χ0) is 14.4. The summed E-state index contributed by atoms with van der Waals surface area (Å²) in [5, 5.41) is 0. The standard InChI is InChI=1S/C16H21N3O/c1-2-3-11-19-14(9-10-15(19)16(20)18-17)12-13-7-5-4-6-8-13/h4-10H,2-3,11-12,17H2,1H3,(H,18,20). The summed E-state index contributed by atoms with van der Waals surface area (Å²) in [5.41, 5.74) is 5.23. The van der Waals surface area contributed by atoms with E-state index in [1.807, 2.05) is 30.3 Å². The van der Waals surface area contributed by atoms with Gasteiger partial charge >= 0.3 is 0 Å². The maximum absolute atomic E-state index is 11.8. The number of amides is 1. The molecule has 0 radical (unpaired) electrons. The highest BCUT2D eigenvalue weighted by Gasteiger charge is 2.13. The summed E-state index contributed by atoms with van der Waals surface area (Å²) in [6.07, 6.45) is 2.95. The van der Waals surface area contributed by atoms with Crippen molar-refractivity contribution in [2.24, 2.45) is 5.84 Å². The van der Waals surface area contributed by atoms with E-state index in [2.05, 4.69) is 29.0 Å². The van der Waals surface area contributed by atoms with Crippen molar-refractivity contribution in [1.82, 2.24) is 9.99 Å². The Bertz CT molecular complexity index is 560. The van der Waals surface area contributed by atoms with E-state index in [4.69, 9.17) is 5.84 Å². The normalized spacial score (nSPS) is 10.5.